The molecule has 0 aliphatic carbocycles. The fourth-order valence-corrected chi connectivity index (χ4v) is 1.58. The number of carbonyl (C=O) groups excluding carboxylic acids is 1. The highest BCUT2D eigenvalue weighted by Gasteiger charge is 2.13. The molecule has 0 fully saturated rings. The van der Waals surface area contributed by atoms with Crippen molar-refractivity contribution in [3.8, 4) is 17.2 Å². The highest BCUT2D eigenvalue weighted by atomic mass is 16.3. The third kappa shape index (κ3) is 3.27. The smallest absolute Gasteiger partial charge is 0.271 e. The molecule has 7 heteroatoms. The quantitative estimate of drug-likeness (QED) is 0.386. The normalized spacial score (nSPS) is 11.2. The molecule has 21 heavy (non-hydrogen) atoms. The number of aromatic nitrogens is 1. The molecule has 1 aromatic carbocycles. The van der Waals surface area contributed by atoms with E-state index in [0.29, 0.717) is 5.71 Å². The zero-order valence-electron chi connectivity index (χ0n) is 11.1. The predicted molar refractivity (Wildman–Crippen MR) is 75.4 cm³/mol. The minimum absolute atomic E-state index is 0.0365. The lowest BCUT2D eigenvalue weighted by Gasteiger charge is -2.05. The van der Waals surface area contributed by atoms with Crippen molar-refractivity contribution in [1.82, 2.24) is 10.4 Å². The van der Waals surface area contributed by atoms with E-state index in [1.54, 1.807) is 31.5 Å². The fraction of sp³-hybridized carbons (Fsp3) is 0.0714. The number of hydrogen-bond acceptors (Lipinski definition) is 6. The summed E-state index contributed by atoms with van der Waals surface area (Å²) in [6.45, 7) is 1.70. The number of nitrogens with zero attached hydrogens (tertiary/aromatic N) is 2. The van der Waals surface area contributed by atoms with Gasteiger partial charge in [-0.3, -0.25) is 9.78 Å². The Balaban J connectivity index is 2.15. The maximum atomic E-state index is 11.9. The zero-order valence-corrected chi connectivity index (χ0v) is 11.1. The lowest BCUT2D eigenvalue weighted by molar-refractivity contribution is 0.0954. The number of phenols is 3. The van der Waals surface area contributed by atoms with E-state index in [9.17, 15) is 20.1 Å². The van der Waals surface area contributed by atoms with Crippen LogP contribution in [0, 0.1) is 0 Å². The molecule has 0 aliphatic rings. The van der Waals surface area contributed by atoms with E-state index < -0.39 is 23.2 Å². The van der Waals surface area contributed by atoms with Gasteiger partial charge in [-0.05, 0) is 25.1 Å². The van der Waals surface area contributed by atoms with Crippen molar-refractivity contribution in [1.29, 1.82) is 0 Å². The van der Waals surface area contributed by atoms with Gasteiger partial charge in [-0.15, -0.1) is 0 Å². The average Bonchev–Trinajstić information content (AvgIpc) is 2.50. The topological polar surface area (TPSA) is 115 Å². The summed E-state index contributed by atoms with van der Waals surface area (Å²) in [4.78, 5) is 15.8. The third-order valence-corrected chi connectivity index (χ3v) is 2.74. The van der Waals surface area contributed by atoms with Crippen LogP contribution in [0.4, 0.5) is 0 Å². The van der Waals surface area contributed by atoms with Crippen molar-refractivity contribution in [3.05, 3.63) is 47.8 Å². The Labute approximate surface area is 120 Å². The molecule has 0 unspecified atom stereocenters. The minimum atomic E-state index is -0.679. The number of hydrogen-bond donors (Lipinski definition) is 4. The Kier molecular flexibility index (Phi) is 4.03. The van der Waals surface area contributed by atoms with Crippen molar-refractivity contribution in [3.63, 3.8) is 0 Å². The first-order chi connectivity index (χ1) is 9.99. The van der Waals surface area contributed by atoms with Crippen LogP contribution in [0.15, 0.2) is 41.8 Å². The van der Waals surface area contributed by atoms with Crippen molar-refractivity contribution >= 4 is 11.6 Å². The van der Waals surface area contributed by atoms with Crippen LogP contribution in [0.1, 0.15) is 22.8 Å². The Morgan fingerprint density at radius 3 is 2.43 bits per heavy atom. The number of amides is 1. The standard InChI is InChI=1S/C14H13N3O4/c1-8(9-3-2-4-15-7-9)16-17-14(21)10-5-11(18)13(20)12(19)6-10/h2-7,18-20H,1H3,(H,17,21)/b16-8-. The Bertz CT molecular complexity index is 676. The van der Waals surface area contributed by atoms with Crippen LogP contribution < -0.4 is 5.43 Å². The Morgan fingerprint density at radius 2 is 1.86 bits per heavy atom. The molecule has 4 N–H and O–H groups in total. The highest BCUT2D eigenvalue weighted by Crippen LogP contribution is 2.35. The molecule has 108 valence electrons. The summed E-state index contributed by atoms with van der Waals surface area (Å²) in [6.07, 6.45) is 3.22. The molecule has 0 spiro atoms. The van der Waals surface area contributed by atoms with Gasteiger partial charge in [-0.2, -0.15) is 5.10 Å². The first-order valence-electron chi connectivity index (χ1n) is 5.99. The van der Waals surface area contributed by atoms with Crippen molar-refractivity contribution in [2.45, 2.75) is 6.92 Å². The lowest BCUT2D eigenvalue weighted by atomic mass is 10.2. The minimum Gasteiger partial charge on any atom is -0.504 e. The van der Waals surface area contributed by atoms with Crippen molar-refractivity contribution in [2.24, 2.45) is 5.10 Å². The average molecular weight is 287 g/mol. The first-order valence-corrected chi connectivity index (χ1v) is 5.99. The summed E-state index contributed by atoms with van der Waals surface area (Å²) < 4.78 is 0. The molecular weight excluding hydrogens is 274 g/mol. The largest absolute Gasteiger partial charge is 0.504 e. The molecule has 1 aromatic heterocycles. The summed E-state index contributed by atoms with van der Waals surface area (Å²) in [6, 6.07) is 5.58. The van der Waals surface area contributed by atoms with Crippen LogP contribution in [-0.2, 0) is 0 Å². The molecule has 0 radical (unpaired) electrons. The van der Waals surface area contributed by atoms with Crippen molar-refractivity contribution < 1.29 is 20.1 Å². The molecular formula is C14H13N3O4. The van der Waals surface area contributed by atoms with Gasteiger partial charge < -0.3 is 15.3 Å². The van der Waals surface area contributed by atoms with E-state index in [1.807, 2.05) is 0 Å². The number of hydrazone groups is 1. The van der Waals surface area contributed by atoms with Gasteiger partial charge in [-0.1, -0.05) is 6.07 Å². The summed E-state index contributed by atoms with van der Waals surface area (Å²) >= 11 is 0. The Hall–Kier alpha value is -3.09. The van der Waals surface area contributed by atoms with E-state index in [4.69, 9.17) is 0 Å². The van der Waals surface area contributed by atoms with Crippen LogP contribution in [0.5, 0.6) is 17.2 Å². The molecule has 2 rings (SSSR count). The van der Waals surface area contributed by atoms with Gasteiger partial charge in [0, 0.05) is 23.5 Å². The summed E-state index contributed by atoms with van der Waals surface area (Å²) in [5.41, 5.74) is 3.54. The SMILES string of the molecule is C/C(=N/NC(=O)c1cc(O)c(O)c(O)c1)c1cccnc1. The second-order valence-electron chi connectivity index (χ2n) is 4.24. The van der Waals surface area contributed by atoms with E-state index in [0.717, 1.165) is 17.7 Å². The van der Waals surface area contributed by atoms with E-state index in [-0.39, 0.29) is 5.56 Å². The summed E-state index contributed by atoms with van der Waals surface area (Å²) in [5.74, 6) is -2.49. The van der Waals surface area contributed by atoms with Gasteiger partial charge in [0.15, 0.2) is 17.2 Å². The molecule has 0 aliphatic heterocycles. The van der Waals surface area contributed by atoms with Gasteiger partial charge in [0.1, 0.15) is 0 Å². The second kappa shape index (κ2) is 5.91. The number of aromatic hydroxyl groups is 3. The van der Waals surface area contributed by atoms with E-state index in [2.05, 4.69) is 15.5 Å². The molecule has 1 amide bonds. The summed E-state index contributed by atoms with van der Waals surface area (Å²) in [5, 5.41) is 31.8. The van der Waals surface area contributed by atoms with E-state index in [1.165, 1.54) is 0 Å². The maximum absolute atomic E-state index is 11.9. The maximum Gasteiger partial charge on any atom is 0.271 e. The van der Waals surface area contributed by atoms with Crippen LogP contribution in [0.3, 0.4) is 0 Å². The number of nitrogens with one attached hydrogen (secondary N) is 1. The first kappa shape index (κ1) is 14.3. The predicted octanol–water partition coefficient (Wildman–Crippen LogP) is 1.35. The van der Waals surface area contributed by atoms with Gasteiger partial charge >= 0.3 is 0 Å². The van der Waals surface area contributed by atoms with Crippen LogP contribution >= 0.6 is 0 Å². The van der Waals surface area contributed by atoms with Gasteiger partial charge in [0.2, 0.25) is 0 Å². The van der Waals surface area contributed by atoms with Gasteiger partial charge in [-0.25, -0.2) is 5.43 Å². The number of benzene rings is 1. The van der Waals surface area contributed by atoms with Gasteiger partial charge in [0.05, 0.1) is 5.71 Å². The monoisotopic (exact) mass is 287 g/mol. The van der Waals surface area contributed by atoms with E-state index >= 15 is 0 Å². The highest BCUT2D eigenvalue weighted by molar-refractivity contribution is 6.00. The van der Waals surface area contributed by atoms with Crippen LogP contribution in [0.2, 0.25) is 0 Å². The third-order valence-electron chi connectivity index (χ3n) is 2.74. The molecule has 1 heterocycles. The number of phenolic OH excluding ortho intramolecular Hbond substituents is 3. The fourth-order valence-electron chi connectivity index (χ4n) is 1.58. The Morgan fingerprint density at radius 1 is 1.19 bits per heavy atom. The number of rotatable bonds is 3. The second-order valence-corrected chi connectivity index (χ2v) is 4.24. The number of carbonyl (C=O) groups is 1. The van der Waals surface area contributed by atoms with Crippen LogP contribution in [0.25, 0.3) is 0 Å². The van der Waals surface area contributed by atoms with Crippen molar-refractivity contribution in [2.75, 3.05) is 0 Å². The number of pyridine rings is 1. The van der Waals surface area contributed by atoms with Crippen LogP contribution in [-0.4, -0.2) is 31.9 Å². The lowest BCUT2D eigenvalue weighted by Crippen LogP contribution is -2.19. The molecule has 0 saturated carbocycles. The molecule has 0 bridgehead atoms. The molecule has 0 saturated heterocycles. The zero-order chi connectivity index (χ0) is 15.4. The van der Waals surface area contributed by atoms with Gasteiger partial charge in [0.25, 0.3) is 5.91 Å². The molecule has 2 aromatic rings. The summed E-state index contributed by atoms with van der Waals surface area (Å²) in [7, 11) is 0. The molecule has 0 atom stereocenters. The molecule has 7 nitrogen and oxygen atoms in total.